The molecule has 230 valence electrons. The van der Waals surface area contributed by atoms with E-state index in [4.69, 9.17) is 22.1 Å². The number of hydrogen-bond donors (Lipinski definition) is 2. The second-order valence-corrected chi connectivity index (χ2v) is 10.5. The lowest BCUT2D eigenvalue weighted by atomic mass is 9.96. The molecule has 12 nitrogen and oxygen atoms in total. The van der Waals surface area contributed by atoms with Crippen molar-refractivity contribution >= 4 is 40.8 Å². The van der Waals surface area contributed by atoms with Gasteiger partial charge in [0.1, 0.15) is 0 Å². The molecule has 44 heavy (non-hydrogen) atoms. The third-order valence-corrected chi connectivity index (χ3v) is 7.54. The summed E-state index contributed by atoms with van der Waals surface area (Å²) < 4.78 is 48.8. The third kappa shape index (κ3) is 6.08. The number of pyridine rings is 1. The van der Waals surface area contributed by atoms with E-state index < -0.39 is 17.8 Å². The number of nitrogens with zero attached hydrogens (tertiary/aromatic N) is 6. The van der Waals surface area contributed by atoms with Gasteiger partial charge in [-0.3, -0.25) is 14.4 Å². The predicted octanol–water partition coefficient (Wildman–Crippen LogP) is 4.20. The molecule has 0 spiro atoms. The summed E-state index contributed by atoms with van der Waals surface area (Å²) in [6.45, 7) is 0.723. The number of likely N-dealkylation sites (tertiary alicyclic amines) is 1. The summed E-state index contributed by atoms with van der Waals surface area (Å²) in [5, 5.41) is 6.38. The van der Waals surface area contributed by atoms with Crippen LogP contribution in [-0.4, -0.2) is 67.2 Å². The average Bonchev–Trinajstić information content (AvgIpc) is 3.61. The van der Waals surface area contributed by atoms with Crippen molar-refractivity contribution in [2.75, 3.05) is 31.2 Å². The monoisotopic (exact) mass is 630 g/mol. The Morgan fingerprint density at radius 2 is 1.82 bits per heavy atom. The maximum Gasteiger partial charge on any atom is 0.435 e. The van der Waals surface area contributed by atoms with Crippen molar-refractivity contribution in [1.29, 1.82) is 0 Å². The lowest BCUT2D eigenvalue weighted by Crippen LogP contribution is -2.40. The minimum Gasteiger partial charge on any atom is -0.469 e. The first-order chi connectivity index (χ1) is 20.9. The van der Waals surface area contributed by atoms with Crippen molar-refractivity contribution < 1.29 is 32.3 Å². The van der Waals surface area contributed by atoms with Crippen molar-refractivity contribution in [3.8, 4) is 17.1 Å². The molecule has 1 fully saturated rings. The van der Waals surface area contributed by atoms with Gasteiger partial charge in [-0.05, 0) is 43.2 Å². The number of carbonyl (C=O) groups excluding carboxylic acids is 3. The fourth-order valence-corrected chi connectivity index (χ4v) is 5.16. The van der Waals surface area contributed by atoms with E-state index in [9.17, 15) is 27.6 Å². The summed E-state index contributed by atoms with van der Waals surface area (Å²) in [5.41, 5.74) is 4.90. The zero-order valence-electron chi connectivity index (χ0n) is 23.4. The Labute approximate surface area is 253 Å². The topological polar surface area (TPSA) is 150 Å². The van der Waals surface area contributed by atoms with Gasteiger partial charge in [0.05, 0.1) is 53.0 Å². The number of rotatable bonds is 6. The highest BCUT2D eigenvalue weighted by Crippen LogP contribution is 2.37. The van der Waals surface area contributed by atoms with Crippen LogP contribution in [0, 0.1) is 5.92 Å². The SMILES string of the molecule is COC(=O)C1CCN(C(=O)c2ccc(NC(=O)c3ncc(-c4cn(-c5ccc(N)cn5)nc4C(F)(F)F)n3C)cc2Cl)CC1. The lowest BCUT2D eigenvalue weighted by Gasteiger charge is -2.31. The van der Waals surface area contributed by atoms with Gasteiger partial charge in [0.15, 0.2) is 17.3 Å². The fourth-order valence-electron chi connectivity index (χ4n) is 4.90. The maximum atomic E-state index is 13.9. The molecule has 1 aliphatic rings. The summed E-state index contributed by atoms with van der Waals surface area (Å²) in [6, 6.07) is 7.24. The van der Waals surface area contributed by atoms with E-state index in [-0.39, 0.29) is 57.0 Å². The van der Waals surface area contributed by atoms with E-state index in [0.29, 0.717) is 31.6 Å². The number of nitrogens with two attached hydrogens (primary N) is 1. The number of nitrogens with one attached hydrogen (secondary N) is 1. The van der Waals surface area contributed by atoms with Gasteiger partial charge in [0, 0.05) is 32.0 Å². The van der Waals surface area contributed by atoms with Crippen LogP contribution in [0.3, 0.4) is 0 Å². The molecule has 5 rings (SSSR count). The number of aromatic nitrogens is 5. The molecule has 0 saturated carbocycles. The molecule has 16 heteroatoms. The number of nitrogen functional groups attached to an aromatic ring is 1. The van der Waals surface area contributed by atoms with Crippen LogP contribution < -0.4 is 11.1 Å². The molecular weight excluding hydrogens is 605 g/mol. The number of esters is 1. The minimum atomic E-state index is -4.81. The number of piperidine rings is 1. The van der Waals surface area contributed by atoms with E-state index in [2.05, 4.69) is 20.4 Å². The summed E-state index contributed by atoms with van der Waals surface area (Å²) in [5.74, 6) is -1.68. The van der Waals surface area contributed by atoms with Crippen LogP contribution in [0.1, 0.15) is 39.5 Å². The Balaban J connectivity index is 1.33. The van der Waals surface area contributed by atoms with Crippen LogP contribution in [0.4, 0.5) is 24.5 Å². The number of methoxy groups -OCH3 is 1. The zero-order valence-corrected chi connectivity index (χ0v) is 24.2. The standard InChI is InChI=1S/C28H26ClF3N8O4/c1-38-21(19-14-40(37-23(19)28(30,31)32)22-6-3-16(33)12-34-22)13-35-24(38)25(41)36-17-4-5-18(20(29)11-17)26(42)39-9-7-15(8-10-39)27(43)44-2/h3-6,11-15H,7-10,33H2,1-2H3,(H,36,41). The first kappa shape index (κ1) is 30.5. The molecule has 3 N–H and O–H groups in total. The van der Waals surface area contributed by atoms with Gasteiger partial charge >= 0.3 is 12.1 Å². The molecular formula is C28H26ClF3N8O4. The number of halogens is 4. The highest BCUT2D eigenvalue weighted by atomic mass is 35.5. The second-order valence-electron chi connectivity index (χ2n) is 10.0. The number of carbonyl (C=O) groups is 3. The van der Waals surface area contributed by atoms with Crippen LogP contribution in [0.15, 0.2) is 48.9 Å². The molecule has 4 heterocycles. The number of alkyl halides is 3. The zero-order chi connectivity index (χ0) is 31.8. The fraction of sp³-hybridized carbons (Fsp3) is 0.286. The van der Waals surface area contributed by atoms with Crippen molar-refractivity contribution in [2.24, 2.45) is 13.0 Å². The van der Waals surface area contributed by atoms with Gasteiger partial charge in [-0.1, -0.05) is 11.6 Å². The second kappa shape index (κ2) is 12.0. The van der Waals surface area contributed by atoms with E-state index >= 15 is 0 Å². The maximum absolute atomic E-state index is 13.9. The third-order valence-electron chi connectivity index (χ3n) is 7.23. The smallest absolute Gasteiger partial charge is 0.435 e. The Morgan fingerprint density at radius 1 is 1.09 bits per heavy atom. The Morgan fingerprint density at radius 3 is 2.43 bits per heavy atom. The summed E-state index contributed by atoms with van der Waals surface area (Å²) in [7, 11) is 2.72. The molecule has 0 bridgehead atoms. The van der Waals surface area contributed by atoms with Crippen molar-refractivity contribution in [3.63, 3.8) is 0 Å². The minimum absolute atomic E-state index is 0.0147. The number of amides is 2. The molecule has 2 amide bonds. The molecule has 3 aromatic heterocycles. The Bertz CT molecular complexity index is 1730. The van der Waals surface area contributed by atoms with Crippen molar-refractivity contribution in [3.05, 3.63) is 71.0 Å². The van der Waals surface area contributed by atoms with E-state index in [1.807, 2.05) is 0 Å². The van der Waals surface area contributed by atoms with Gasteiger partial charge < -0.3 is 25.3 Å². The van der Waals surface area contributed by atoms with Crippen LogP contribution in [0.25, 0.3) is 17.1 Å². The average molecular weight is 631 g/mol. The number of ether oxygens (including phenoxy) is 1. The van der Waals surface area contributed by atoms with Crippen molar-refractivity contribution in [1.82, 2.24) is 29.2 Å². The number of anilines is 2. The highest BCUT2D eigenvalue weighted by Gasteiger charge is 2.39. The van der Waals surface area contributed by atoms with Crippen molar-refractivity contribution in [2.45, 2.75) is 19.0 Å². The van der Waals surface area contributed by atoms with E-state index in [1.54, 1.807) is 4.90 Å². The van der Waals surface area contributed by atoms with Gasteiger partial charge in [0.25, 0.3) is 11.8 Å². The number of imidazole rings is 1. The van der Waals surface area contributed by atoms with Crippen LogP contribution >= 0.6 is 11.6 Å². The highest BCUT2D eigenvalue weighted by molar-refractivity contribution is 6.34. The first-order valence-electron chi connectivity index (χ1n) is 13.3. The van der Waals surface area contributed by atoms with E-state index in [1.165, 1.54) is 55.3 Å². The molecule has 0 aliphatic carbocycles. The van der Waals surface area contributed by atoms with E-state index in [0.717, 1.165) is 17.1 Å². The van der Waals surface area contributed by atoms with Crippen LogP contribution in [-0.2, 0) is 22.8 Å². The molecule has 1 aromatic carbocycles. The Hall–Kier alpha value is -4.92. The van der Waals surface area contributed by atoms with Gasteiger partial charge in [-0.25, -0.2) is 14.6 Å². The van der Waals surface area contributed by atoms with Crippen LogP contribution in [0.2, 0.25) is 5.02 Å². The van der Waals surface area contributed by atoms with Crippen LogP contribution in [0.5, 0.6) is 0 Å². The van der Waals surface area contributed by atoms with Gasteiger partial charge in [0.2, 0.25) is 0 Å². The number of hydrogen-bond acceptors (Lipinski definition) is 8. The molecule has 0 unspecified atom stereocenters. The molecule has 1 aliphatic heterocycles. The molecule has 0 radical (unpaired) electrons. The largest absolute Gasteiger partial charge is 0.469 e. The molecule has 1 saturated heterocycles. The molecule has 4 aromatic rings. The lowest BCUT2D eigenvalue weighted by molar-refractivity contribution is -0.147. The van der Waals surface area contributed by atoms with Gasteiger partial charge in [-0.15, -0.1) is 0 Å². The summed E-state index contributed by atoms with van der Waals surface area (Å²) in [6.07, 6.45) is -0.291. The predicted molar refractivity (Wildman–Crippen MR) is 153 cm³/mol. The number of benzene rings is 1. The molecule has 0 atom stereocenters. The van der Waals surface area contributed by atoms with Gasteiger partial charge in [-0.2, -0.15) is 18.3 Å². The first-order valence-corrected chi connectivity index (χ1v) is 13.6. The normalized spacial score (nSPS) is 14.0. The summed E-state index contributed by atoms with van der Waals surface area (Å²) >= 11 is 6.39. The summed E-state index contributed by atoms with van der Waals surface area (Å²) in [4.78, 5) is 47.6. The quantitative estimate of drug-likeness (QED) is 0.301. The Kier molecular flexibility index (Phi) is 8.32.